The number of aliphatic hydroxyl groups is 1. The highest BCUT2D eigenvalue weighted by Crippen LogP contribution is 2.26. The molecule has 1 aromatic heterocycles. The van der Waals surface area contributed by atoms with Gasteiger partial charge in [0.05, 0.1) is 11.6 Å². The van der Waals surface area contributed by atoms with Gasteiger partial charge in [-0.2, -0.15) is 0 Å². The van der Waals surface area contributed by atoms with Gasteiger partial charge in [-0.15, -0.1) is 0 Å². The van der Waals surface area contributed by atoms with Gasteiger partial charge in [-0.3, -0.25) is 0 Å². The first-order chi connectivity index (χ1) is 7.74. The highest BCUT2D eigenvalue weighted by atomic mass is 35.5. The molecule has 1 aromatic rings. The predicted octanol–water partition coefficient (Wildman–Crippen LogP) is 2.46. The number of halogens is 1. The lowest BCUT2D eigenvalue weighted by atomic mass is 10.1. The van der Waals surface area contributed by atoms with Crippen molar-refractivity contribution in [3.63, 3.8) is 0 Å². The van der Waals surface area contributed by atoms with Gasteiger partial charge in [-0.1, -0.05) is 24.9 Å². The minimum atomic E-state index is -0.0284. The third kappa shape index (κ3) is 2.30. The van der Waals surface area contributed by atoms with Crippen LogP contribution in [0.15, 0.2) is 12.3 Å². The molecule has 3 nitrogen and oxygen atoms in total. The summed E-state index contributed by atoms with van der Waals surface area (Å²) in [4.78, 5) is 6.59. The van der Waals surface area contributed by atoms with Gasteiger partial charge in [-0.25, -0.2) is 4.98 Å². The van der Waals surface area contributed by atoms with E-state index in [0.717, 1.165) is 30.4 Å². The molecule has 0 bridgehead atoms. The van der Waals surface area contributed by atoms with Gasteiger partial charge < -0.3 is 10.0 Å². The van der Waals surface area contributed by atoms with Crippen LogP contribution in [-0.2, 0) is 6.61 Å². The van der Waals surface area contributed by atoms with Crippen molar-refractivity contribution in [2.24, 2.45) is 5.92 Å². The number of anilines is 1. The SMILES string of the molecule is CCC1CCN(c2cc(CO)c(Cl)cn2)C1. The standard InChI is InChI=1S/C12H17ClN2O/c1-2-9-3-4-15(7-9)12-5-10(8-16)11(13)6-14-12/h5-6,9,16H,2-4,7-8H2,1H3. The summed E-state index contributed by atoms with van der Waals surface area (Å²) in [7, 11) is 0. The maximum atomic E-state index is 9.15. The number of rotatable bonds is 3. The lowest BCUT2D eigenvalue weighted by Gasteiger charge is -2.18. The lowest BCUT2D eigenvalue weighted by molar-refractivity contribution is 0.282. The Hall–Kier alpha value is -0.800. The fraction of sp³-hybridized carbons (Fsp3) is 0.583. The molecule has 1 aliphatic rings. The summed E-state index contributed by atoms with van der Waals surface area (Å²) >= 11 is 5.92. The number of aromatic nitrogens is 1. The number of nitrogens with zero attached hydrogens (tertiary/aromatic N) is 2. The Kier molecular flexibility index (Phi) is 3.66. The van der Waals surface area contributed by atoms with E-state index >= 15 is 0 Å². The van der Waals surface area contributed by atoms with Crippen LogP contribution in [-0.4, -0.2) is 23.2 Å². The zero-order chi connectivity index (χ0) is 11.5. The van der Waals surface area contributed by atoms with Gasteiger partial charge in [0.25, 0.3) is 0 Å². The Bertz CT molecular complexity index is 370. The van der Waals surface area contributed by atoms with Gasteiger partial charge in [-0.05, 0) is 18.4 Å². The van der Waals surface area contributed by atoms with Crippen molar-refractivity contribution in [1.82, 2.24) is 4.98 Å². The van der Waals surface area contributed by atoms with Crippen LogP contribution in [0.4, 0.5) is 5.82 Å². The van der Waals surface area contributed by atoms with Gasteiger partial charge >= 0.3 is 0 Å². The van der Waals surface area contributed by atoms with Crippen LogP contribution in [0.3, 0.4) is 0 Å². The average Bonchev–Trinajstić information content (AvgIpc) is 2.78. The molecule has 1 aliphatic heterocycles. The van der Waals surface area contributed by atoms with Crippen LogP contribution in [0.2, 0.25) is 5.02 Å². The maximum absolute atomic E-state index is 9.15. The molecule has 16 heavy (non-hydrogen) atoms. The number of aliphatic hydroxyl groups excluding tert-OH is 1. The smallest absolute Gasteiger partial charge is 0.128 e. The first-order valence-corrected chi connectivity index (χ1v) is 6.12. The molecule has 0 amide bonds. The Labute approximate surface area is 101 Å². The van der Waals surface area contributed by atoms with Gasteiger partial charge in [0.1, 0.15) is 5.82 Å². The van der Waals surface area contributed by atoms with E-state index in [0.29, 0.717) is 5.02 Å². The molecule has 0 aliphatic carbocycles. The highest BCUT2D eigenvalue weighted by molar-refractivity contribution is 6.31. The minimum Gasteiger partial charge on any atom is -0.392 e. The summed E-state index contributed by atoms with van der Waals surface area (Å²) in [6, 6.07) is 1.89. The molecule has 88 valence electrons. The summed E-state index contributed by atoms with van der Waals surface area (Å²) in [6.07, 6.45) is 4.08. The van der Waals surface area contributed by atoms with E-state index in [4.69, 9.17) is 16.7 Å². The molecule has 0 radical (unpaired) electrons. The van der Waals surface area contributed by atoms with E-state index in [2.05, 4.69) is 16.8 Å². The van der Waals surface area contributed by atoms with E-state index in [1.54, 1.807) is 6.20 Å². The van der Waals surface area contributed by atoms with E-state index in [-0.39, 0.29) is 6.61 Å². The van der Waals surface area contributed by atoms with Crippen LogP contribution in [0.5, 0.6) is 0 Å². The van der Waals surface area contributed by atoms with Gasteiger partial charge in [0, 0.05) is 24.8 Å². The molecular formula is C12H17ClN2O. The van der Waals surface area contributed by atoms with Crippen LogP contribution in [0.1, 0.15) is 25.3 Å². The zero-order valence-corrected chi connectivity index (χ0v) is 10.2. The largest absolute Gasteiger partial charge is 0.392 e. The molecule has 1 N–H and O–H groups in total. The number of hydrogen-bond donors (Lipinski definition) is 1. The fourth-order valence-corrected chi connectivity index (χ4v) is 2.30. The van der Waals surface area contributed by atoms with Crippen molar-refractivity contribution in [3.8, 4) is 0 Å². The van der Waals surface area contributed by atoms with Crippen LogP contribution < -0.4 is 4.90 Å². The normalized spacial score (nSPS) is 20.4. The monoisotopic (exact) mass is 240 g/mol. The maximum Gasteiger partial charge on any atom is 0.128 e. The average molecular weight is 241 g/mol. The molecule has 1 saturated heterocycles. The Balaban J connectivity index is 2.15. The molecule has 4 heteroatoms. The molecule has 0 saturated carbocycles. The van der Waals surface area contributed by atoms with Crippen molar-refractivity contribution in [2.45, 2.75) is 26.4 Å². The quantitative estimate of drug-likeness (QED) is 0.882. The fourth-order valence-electron chi connectivity index (χ4n) is 2.14. The molecule has 1 atom stereocenters. The molecule has 1 unspecified atom stereocenters. The number of pyridine rings is 1. The predicted molar refractivity (Wildman–Crippen MR) is 65.8 cm³/mol. The molecule has 2 heterocycles. The summed E-state index contributed by atoms with van der Waals surface area (Å²) < 4.78 is 0. The van der Waals surface area contributed by atoms with Crippen LogP contribution >= 0.6 is 11.6 Å². The highest BCUT2D eigenvalue weighted by Gasteiger charge is 2.22. The second-order valence-corrected chi connectivity index (χ2v) is 4.71. The Morgan fingerprint density at radius 1 is 1.62 bits per heavy atom. The van der Waals surface area contributed by atoms with Crippen molar-refractivity contribution in [1.29, 1.82) is 0 Å². The summed E-state index contributed by atoms with van der Waals surface area (Å²) in [5.74, 6) is 1.71. The third-order valence-corrected chi connectivity index (χ3v) is 3.62. The topological polar surface area (TPSA) is 36.4 Å². The Morgan fingerprint density at radius 2 is 2.44 bits per heavy atom. The van der Waals surface area contributed by atoms with Crippen molar-refractivity contribution < 1.29 is 5.11 Å². The van der Waals surface area contributed by atoms with Gasteiger partial charge in [0.15, 0.2) is 0 Å². The van der Waals surface area contributed by atoms with Gasteiger partial charge in [0.2, 0.25) is 0 Å². The van der Waals surface area contributed by atoms with Crippen LogP contribution in [0.25, 0.3) is 0 Å². The third-order valence-electron chi connectivity index (χ3n) is 3.28. The van der Waals surface area contributed by atoms with E-state index in [9.17, 15) is 0 Å². The van der Waals surface area contributed by atoms with E-state index in [1.807, 2.05) is 6.07 Å². The summed E-state index contributed by atoms with van der Waals surface area (Å²) in [5, 5.41) is 9.69. The second-order valence-electron chi connectivity index (χ2n) is 4.30. The first-order valence-electron chi connectivity index (χ1n) is 5.74. The second kappa shape index (κ2) is 5.02. The molecule has 2 rings (SSSR count). The zero-order valence-electron chi connectivity index (χ0n) is 9.49. The van der Waals surface area contributed by atoms with E-state index < -0.39 is 0 Å². The molecule has 0 spiro atoms. The van der Waals surface area contributed by atoms with Crippen LogP contribution in [0, 0.1) is 5.92 Å². The van der Waals surface area contributed by atoms with Crippen molar-refractivity contribution in [3.05, 3.63) is 22.8 Å². The minimum absolute atomic E-state index is 0.0284. The van der Waals surface area contributed by atoms with Crippen molar-refractivity contribution >= 4 is 17.4 Å². The lowest BCUT2D eigenvalue weighted by Crippen LogP contribution is -2.20. The molecule has 0 aromatic carbocycles. The summed E-state index contributed by atoms with van der Waals surface area (Å²) in [6.45, 7) is 4.32. The van der Waals surface area contributed by atoms with Crippen molar-refractivity contribution in [2.75, 3.05) is 18.0 Å². The Morgan fingerprint density at radius 3 is 3.06 bits per heavy atom. The number of hydrogen-bond acceptors (Lipinski definition) is 3. The van der Waals surface area contributed by atoms with E-state index in [1.165, 1.54) is 12.8 Å². The molecule has 1 fully saturated rings. The summed E-state index contributed by atoms with van der Waals surface area (Å²) in [5.41, 5.74) is 0.756. The molecular weight excluding hydrogens is 224 g/mol. The first kappa shape index (κ1) is 11.7.